The quantitative estimate of drug-likeness (QED) is 0.648. The summed E-state index contributed by atoms with van der Waals surface area (Å²) < 4.78 is 35.4. The molecule has 0 aromatic heterocycles. The zero-order chi connectivity index (χ0) is 13.0. The highest BCUT2D eigenvalue weighted by molar-refractivity contribution is 5.95. The lowest BCUT2D eigenvalue weighted by Gasteiger charge is -2.13. The molecule has 4 nitrogen and oxygen atoms in total. The lowest BCUT2D eigenvalue weighted by Crippen LogP contribution is -2.20. The van der Waals surface area contributed by atoms with Gasteiger partial charge in [0.05, 0.1) is 12.2 Å². The predicted octanol–water partition coefficient (Wildman–Crippen LogP) is 1.74. The van der Waals surface area contributed by atoms with Crippen molar-refractivity contribution in [3.05, 3.63) is 29.3 Å². The van der Waals surface area contributed by atoms with Crippen molar-refractivity contribution in [1.29, 1.82) is 0 Å². The van der Waals surface area contributed by atoms with Gasteiger partial charge in [0.25, 0.3) is 0 Å². The number of halogens is 2. The molecule has 1 aromatic rings. The summed E-state index contributed by atoms with van der Waals surface area (Å²) in [6.07, 6.45) is -0.500. The van der Waals surface area contributed by atoms with Crippen molar-refractivity contribution in [3.63, 3.8) is 0 Å². The minimum Gasteiger partial charge on any atom is -0.457 e. The standard InChI is InChI=1S/C11H13F2NO3/c1-6(5-16-2)17-11(15)7-3-8(12)9(13)4-10(7)14/h3-4,6H,5,14H2,1-2H3. The Bertz CT molecular complexity index is 423. The van der Waals surface area contributed by atoms with Crippen LogP contribution in [0.2, 0.25) is 0 Å². The monoisotopic (exact) mass is 245 g/mol. The van der Waals surface area contributed by atoms with E-state index >= 15 is 0 Å². The first kappa shape index (κ1) is 13.4. The van der Waals surface area contributed by atoms with E-state index in [0.717, 1.165) is 6.07 Å². The molecule has 0 saturated carbocycles. The highest BCUT2D eigenvalue weighted by Gasteiger charge is 2.17. The molecule has 1 rings (SSSR count). The van der Waals surface area contributed by atoms with Crippen molar-refractivity contribution < 1.29 is 23.0 Å². The number of nitrogens with two attached hydrogens (primary N) is 1. The molecule has 6 heteroatoms. The van der Waals surface area contributed by atoms with Gasteiger partial charge in [-0.05, 0) is 13.0 Å². The lowest BCUT2D eigenvalue weighted by atomic mass is 10.1. The molecule has 0 spiro atoms. The summed E-state index contributed by atoms with van der Waals surface area (Å²) in [6.45, 7) is 1.81. The molecule has 17 heavy (non-hydrogen) atoms. The zero-order valence-electron chi connectivity index (χ0n) is 9.50. The third kappa shape index (κ3) is 3.39. The number of methoxy groups -OCH3 is 1. The molecule has 0 aliphatic heterocycles. The van der Waals surface area contributed by atoms with Gasteiger partial charge in [-0.15, -0.1) is 0 Å². The SMILES string of the molecule is COCC(C)OC(=O)c1cc(F)c(F)cc1N. The van der Waals surface area contributed by atoms with Crippen LogP contribution < -0.4 is 5.73 Å². The molecule has 0 aliphatic carbocycles. The number of nitrogen functional groups attached to an aromatic ring is 1. The van der Waals surface area contributed by atoms with Gasteiger partial charge >= 0.3 is 5.97 Å². The summed E-state index contributed by atoms with van der Waals surface area (Å²) in [5.41, 5.74) is 5.03. The van der Waals surface area contributed by atoms with Crippen LogP contribution in [0.5, 0.6) is 0 Å². The number of benzene rings is 1. The molecular formula is C11H13F2NO3. The van der Waals surface area contributed by atoms with E-state index in [4.69, 9.17) is 15.2 Å². The van der Waals surface area contributed by atoms with E-state index in [2.05, 4.69) is 0 Å². The second-order valence-electron chi connectivity index (χ2n) is 3.52. The molecule has 94 valence electrons. The van der Waals surface area contributed by atoms with Crippen molar-refractivity contribution in [1.82, 2.24) is 0 Å². The summed E-state index contributed by atoms with van der Waals surface area (Å²) in [6, 6.07) is 1.46. The summed E-state index contributed by atoms with van der Waals surface area (Å²) in [4.78, 5) is 11.6. The Hall–Kier alpha value is -1.69. The minimum absolute atomic E-state index is 0.168. The maximum atomic E-state index is 12.9. The average Bonchev–Trinajstić information content (AvgIpc) is 2.23. The van der Waals surface area contributed by atoms with Crippen LogP contribution in [0.15, 0.2) is 12.1 Å². The Balaban J connectivity index is 2.86. The first-order valence-electron chi connectivity index (χ1n) is 4.90. The zero-order valence-corrected chi connectivity index (χ0v) is 9.50. The molecule has 0 radical (unpaired) electrons. The van der Waals surface area contributed by atoms with Crippen molar-refractivity contribution in [2.45, 2.75) is 13.0 Å². The molecule has 1 atom stereocenters. The number of hydrogen-bond donors (Lipinski definition) is 1. The van der Waals surface area contributed by atoms with Gasteiger partial charge in [0.1, 0.15) is 6.10 Å². The van der Waals surface area contributed by atoms with E-state index in [-0.39, 0.29) is 17.9 Å². The van der Waals surface area contributed by atoms with E-state index in [1.54, 1.807) is 6.92 Å². The van der Waals surface area contributed by atoms with Crippen LogP contribution in [0.4, 0.5) is 14.5 Å². The molecule has 1 unspecified atom stereocenters. The average molecular weight is 245 g/mol. The predicted molar refractivity (Wildman–Crippen MR) is 57.5 cm³/mol. The second kappa shape index (κ2) is 5.58. The largest absolute Gasteiger partial charge is 0.457 e. The smallest absolute Gasteiger partial charge is 0.340 e. The Morgan fingerprint density at radius 3 is 2.59 bits per heavy atom. The first-order valence-corrected chi connectivity index (χ1v) is 4.90. The topological polar surface area (TPSA) is 61.5 Å². The van der Waals surface area contributed by atoms with E-state index in [9.17, 15) is 13.6 Å². The van der Waals surface area contributed by atoms with Crippen molar-refractivity contribution in [2.24, 2.45) is 0 Å². The van der Waals surface area contributed by atoms with Gasteiger partial charge in [-0.1, -0.05) is 0 Å². The Kier molecular flexibility index (Phi) is 4.39. The Morgan fingerprint density at radius 2 is 2.00 bits per heavy atom. The highest BCUT2D eigenvalue weighted by atomic mass is 19.2. The fraction of sp³-hybridized carbons (Fsp3) is 0.364. The summed E-state index contributed by atoms with van der Waals surface area (Å²) >= 11 is 0. The van der Waals surface area contributed by atoms with Crippen molar-refractivity contribution in [3.8, 4) is 0 Å². The van der Waals surface area contributed by atoms with E-state index < -0.39 is 23.7 Å². The van der Waals surface area contributed by atoms with E-state index in [1.807, 2.05) is 0 Å². The van der Waals surface area contributed by atoms with Gasteiger partial charge in [-0.25, -0.2) is 13.6 Å². The maximum Gasteiger partial charge on any atom is 0.340 e. The fourth-order valence-corrected chi connectivity index (χ4v) is 1.25. The van der Waals surface area contributed by atoms with Crippen LogP contribution in [-0.2, 0) is 9.47 Å². The van der Waals surface area contributed by atoms with Crippen LogP contribution in [0.25, 0.3) is 0 Å². The van der Waals surface area contributed by atoms with Crippen LogP contribution in [0.3, 0.4) is 0 Å². The molecule has 0 fully saturated rings. The number of anilines is 1. The van der Waals surface area contributed by atoms with Gasteiger partial charge < -0.3 is 15.2 Å². The van der Waals surface area contributed by atoms with Gasteiger partial charge in [-0.3, -0.25) is 0 Å². The second-order valence-corrected chi connectivity index (χ2v) is 3.52. The molecule has 0 heterocycles. The molecule has 0 aliphatic rings. The molecule has 1 aromatic carbocycles. The molecule has 0 amide bonds. The number of carbonyl (C=O) groups excluding carboxylic acids is 1. The number of carbonyl (C=O) groups is 1. The molecule has 0 saturated heterocycles. The van der Waals surface area contributed by atoms with Gasteiger partial charge in [-0.2, -0.15) is 0 Å². The van der Waals surface area contributed by atoms with Gasteiger partial charge in [0.2, 0.25) is 0 Å². The minimum atomic E-state index is -1.15. The number of hydrogen-bond acceptors (Lipinski definition) is 4. The normalized spacial score (nSPS) is 12.2. The molecule has 2 N–H and O–H groups in total. The van der Waals surface area contributed by atoms with Crippen LogP contribution in [-0.4, -0.2) is 25.8 Å². The summed E-state index contributed by atoms with van der Waals surface area (Å²) in [7, 11) is 1.45. The van der Waals surface area contributed by atoms with Crippen LogP contribution in [0.1, 0.15) is 17.3 Å². The van der Waals surface area contributed by atoms with Gasteiger partial charge in [0.15, 0.2) is 11.6 Å². The lowest BCUT2D eigenvalue weighted by molar-refractivity contribution is 0.0121. The van der Waals surface area contributed by atoms with Crippen LogP contribution >= 0.6 is 0 Å². The Morgan fingerprint density at radius 1 is 1.41 bits per heavy atom. The Labute approximate surface area is 97.3 Å². The van der Waals surface area contributed by atoms with Crippen LogP contribution in [0, 0.1) is 11.6 Å². The number of ether oxygens (including phenoxy) is 2. The third-order valence-electron chi connectivity index (χ3n) is 2.02. The van der Waals surface area contributed by atoms with E-state index in [0.29, 0.717) is 6.07 Å². The van der Waals surface area contributed by atoms with Gasteiger partial charge in [0, 0.05) is 18.9 Å². The summed E-state index contributed by atoms with van der Waals surface area (Å²) in [5, 5.41) is 0. The maximum absolute atomic E-state index is 12.9. The van der Waals surface area contributed by atoms with Crippen molar-refractivity contribution >= 4 is 11.7 Å². The number of esters is 1. The summed E-state index contributed by atoms with van der Waals surface area (Å²) in [5.74, 6) is -3.07. The van der Waals surface area contributed by atoms with E-state index in [1.165, 1.54) is 7.11 Å². The fourth-order valence-electron chi connectivity index (χ4n) is 1.25. The first-order chi connectivity index (χ1) is 7.95. The number of rotatable bonds is 4. The molecular weight excluding hydrogens is 232 g/mol. The third-order valence-corrected chi connectivity index (χ3v) is 2.02. The molecule has 0 bridgehead atoms. The highest BCUT2D eigenvalue weighted by Crippen LogP contribution is 2.18. The van der Waals surface area contributed by atoms with Crippen molar-refractivity contribution in [2.75, 3.05) is 19.5 Å².